The van der Waals surface area contributed by atoms with Gasteiger partial charge in [-0.2, -0.15) is 0 Å². The lowest BCUT2D eigenvalue weighted by Gasteiger charge is -2.27. The van der Waals surface area contributed by atoms with Crippen LogP contribution in [0.4, 0.5) is 0 Å². The lowest BCUT2D eigenvalue weighted by atomic mass is 9.78. The van der Waals surface area contributed by atoms with Gasteiger partial charge in [0.2, 0.25) is 0 Å². The molecule has 2 aromatic carbocycles. The first-order chi connectivity index (χ1) is 13.3. The molecule has 1 unspecified atom stereocenters. The van der Waals surface area contributed by atoms with Crippen LogP contribution in [0, 0.1) is 5.92 Å². The summed E-state index contributed by atoms with van der Waals surface area (Å²) in [5, 5.41) is 9.30. The molecule has 29 heavy (non-hydrogen) atoms. The van der Waals surface area contributed by atoms with Crippen molar-refractivity contribution in [2.24, 2.45) is 5.92 Å². The van der Waals surface area contributed by atoms with Crippen molar-refractivity contribution in [2.45, 2.75) is 79.4 Å². The molecule has 0 aliphatic heterocycles. The smallest absolute Gasteiger partial charge is 0.120 e. The fraction of sp³-hybridized carbons (Fsp3) is 0.538. The van der Waals surface area contributed by atoms with Crippen LogP contribution in [0.25, 0.3) is 0 Å². The zero-order valence-electron chi connectivity index (χ0n) is 19.7. The maximum Gasteiger partial charge on any atom is 0.120 e. The molecule has 0 aromatic heterocycles. The normalized spacial score (nSPS) is 12.8. The van der Waals surface area contributed by atoms with Gasteiger partial charge in [0.25, 0.3) is 0 Å². The zero-order valence-corrected chi connectivity index (χ0v) is 19.7. The Bertz CT molecular complexity index is 702. The number of ether oxygens (including phenoxy) is 2. The summed E-state index contributed by atoms with van der Waals surface area (Å²) in [5.74, 6) is 2.49. The Labute approximate surface area is 178 Å². The topological polar surface area (TPSA) is 38.7 Å². The molecule has 0 fully saturated rings. The Morgan fingerprint density at radius 3 is 1.45 bits per heavy atom. The van der Waals surface area contributed by atoms with Crippen molar-refractivity contribution >= 4 is 0 Å². The third-order valence-electron chi connectivity index (χ3n) is 4.07. The van der Waals surface area contributed by atoms with Crippen molar-refractivity contribution in [1.82, 2.24) is 0 Å². The third-order valence-corrected chi connectivity index (χ3v) is 4.07. The molecule has 3 heteroatoms. The predicted molar refractivity (Wildman–Crippen MR) is 123 cm³/mol. The molecule has 1 atom stereocenters. The quantitative estimate of drug-likeness (QED) is 0.593. The highest BCUT2D eigenvalue weighted by atomic mass is 16.5. The predicted octanol–water partition coefficient (Wildman–Crippen LogP) is 6.61. The van der Waals surface area contributed by atoms with Gasteiger partial charge in [0, 0.05) is 5.41 Å². The number of hydrogen-bond acceptors (Lipinski definition) is 3. The number of rotatable bonds is 6. The standard InChI is InChI=1S/C22H30O3.C4H10/c1-16(23)15-24-19-11-7-17(8-12-19)22(5,6)18-9-13-20(14-10-18)25-21(2,3)4;1-4(2)3/h7-14,16,23H,15H2,1-6H3;4H,1-3H3. The Balaban J connectivity index is 0.000000960. The molecule has 0 saturated carbocycles. The van der Waals surface area contributed by atoms with Crippen LogP contribution in [-0.4, -0.2) is 23.4 Å². The van der Waals surface area contributed by atoms with Crippen LogP contribution in [0.5, 0.6) is 11.5 Å². The van der Waals surface area contributed by atoms with Crippen molar-refractivity contribution < 1.29 is 14.6 Å². The first kappa shape index (κ1) is 25.0. The fourth-order valence-electron chi connectivity index (χ4n) is 2.64. The third kappa shape index (κ3) is 9.36. The lowest BCUT2D eigenvalue weighted by molar-refractivity contribution is 0.122. The van der Waals surface area contributed by atoms with Crippen LogP contribution in [0.15, 0.2) is 48.5 Å². The van der Waals surface area contributed by atoms with Gasteiger partial charge in [0.05, 0.1) is 6.10 Å². The fourth-order valence-corrected chi connectivity index (χ4v) is 2.64. The Hall–Kier alpha value is -2.00. The van der Waals surface area contributed by atoms with Crippen molar-refractivity contribution in [1.29, 1.82) is 0 Å². The molecule has 2 aromatic rings. The Morgan fingerprint density at radius 2 is 1.10 bits per heavy atom. The van der Waals surface area contributed by atoms with Crippen molar-refractivity contribution in [3.05, 3.63) is 59.7 Å². The summed E-state index contributed by atoms with van der Waals surface area (Å²) >= 11 is 0. The second kappa shape index (κ2) is 10.7. The molecule has 2 rings (SSSR count). The molecule has 0 saturated heterocycles. The summed E-state index contributed by atoms with van der Waals surface area (Å²) in [6.07, 6.45) is -0.468. The second-order valence-electron chi connectivity index (χ2n) is 9.78. The molecular weight excluding hydrogens is 360 g/mol. The zero-order chi connectivity index (χ0) is 22.2. The lowest BCUT2D eigenvalue weighted by Crippen LogP contribution is -2.23. The van der Waals surface area contributed by atoms with Crippen LogP contribution in [0.1, 0.15) is 73.4 Å². The van der Waals surface area contributed by atoms with Crippen molar-refractivity contribution in [3.63, 3.8) is 0 Å². The van der Waals surface area contributed by atoms with E-state index in [1.54, 1.807) is 6.92 Å². The minimum Gasteiger partial charge on any atom is -0.491 e. The van der Waals surface area contributed by atoms with Gasteiger partial charge in [0.15, 0.2) is 0 Å². The van der Waals surface area contributed by atoms with Gasteiger partial charge in [0.1, 0.15) is 23.7 Å². The van der Waals surface area contributed by atoms with Gasteiger partial charge in [-0.25, -0.2) is 0 Å². The van der Waals surface area contributed by atoms with E-state index < -0.39 is 6.10 Å². The van der Waals surface area contributed by atoms with Gasteiger partial charge < -0.3 is 14.6 Å². The summed E-state index contributed by atoms with van der Waals surface area (Å²) in [6, 6.07) is 16.4. The average Bonchev–Trinajstić information content (AvgIpc) is 2.59. The van der Waals surface area contributed by atoms with Crippen LogP contribution in [-0.2, 0) is 5.41 Å². The molecule has 0 aliphatic rings. The highest BCUT2D eigenvalue weighted by molar-refractivity contribution is 5.41. The van der Waals surface area contributed by atoms with E-state index >= 15 is 0 Å². The van der Waals surface area contributed by atoms with Crippen LogP contribution >= 0.6 is 0 Å². The summed E-state index contributed by atoms with van der Waals surface area (Å²) in [4.78, 5) is 0. The number of benzene rings is 2. The van der Waals surface area contributed by atoms with Gasteiger partial charge in [-0.1, -0.05) is 58.9 Å². The summed E-state index contributed by atoms with van der Waals surface area (Å²) in [6.45, 7) is 19.1. The molecule has 0 aliphatic carbocycles. The van der Waals surface area contributed by atoms with Gasteiger partial charge in [-0.05, 0) is 69.0 Å². The molecule has 3 nitrogen and oxygen atoms in total. The molecule has 0 radical (unpaired) electrons. The van der Waals surface area contributed by atoms with E-state index in [1.807, 2.05) is 45.0 Å². The Kier molecular flexibility index (Phi) is 9.22. The Morgan fingerprint density at radius 1 is 0.724 bits per heavy atom. The first-order valence-electron chi connectivity index (χ1n) is 10.5. The molecule has 0 spiro atoms. The highest BCUT2D eigenvalue weighted by Gasteiger charge is 2.23. The minimum atomic E-state index is -0.468. The maximum atomic E-state index is 9.30. The van der Waals surface area contributed by atoms with E-state index in [2.05, 4.69) is 58.9 Å². The molecule has 0 bridgehead atoms. The number of hydrogen-bond donors (Lipinski definition) is 1. The largest absolute Gasteiger partial charge is 0.491 e. The van der Waals surface area contributed by atoms with E-state index in [1.165, 1.54) is 11.1 Å². The second-order valence-corrected chi connectivity index (χ2v) is 9.78. The average molecular weight is 401 g/mol. The van der Waals surface area contributed by atoms with Crippen molar-refractivity contribution in [2.75, 3.05) is 6.61 Å². The molecule has 0 amide bonds. The van der Waals surface area contributed by atoms with E-state index in [9.17, 15) is 5.11 Å². The molecule has 1 N–H and O–H groups in total. The molecular formula is C26H40O3. The van der Waals surface area contributed by atoms with E-state index in [0.717, 1.165) is 17.4 Å². The van der Waals surface area contributed by atoms with Crippen molar-refractivity contribution in [3.8, 4) is 11.5 Å². The highest BCUT2D eigenvalue weighted by Crippen LogP contribution is 2.33. The minimum absolute atomic E-state index is 0.122. The van der Waals surface area contributed by atoms with E-state index in [-0.39, 0.29) is 11.0 Å². The van der Waals surface area contributed by atoms with Crippen LogP contribution < -0.4 is 9.47 Å². The van der Waals surface area contributed by atoms with Crippen LogP contribution in [0.2, 0.25) is 0 Å². The van der Waals surface area contributed by atoms with E-state index in [4.69, 9.17) is 9.47 Å². The van der Waals surface area contributed by atoms with E-state index in [0.29, 0.717) is 6.61 Å². The SMILES string of the molecule is CC(C)C.CC(O)COc1ccc(C(C)(C)c2ccc(OC(C)(C)C)cc2)cc1. The summed E-state index contributed by atoms with van der Waals surface area (Å²) < 4.78 is 11.4. The summed E-state index contributed by atoms with van der Waals surface area (Å²) in [5.41, 5.74) is 2.12. The number of aliphatic hydroxyl groups is 1. The number of aliphatic hydroxyl groups excluding tert-OH is 1. The van der Waals surface area contributed by atoms with Gasteiger partial charge in [-0.3, -0.25) is 0 Å². The van der Waals surface area contributed by atoms with Gasteiger partial charge >= 0.3 is 0 Å². The molecule has 0 heterocycles. The monoisotopic (exact) mass is 400 g/mol. The van der Waals surface area contributed by atoms with Crippen LogP contribution in [0.3, 0.4) is 0 Å². The van der Waals surface area contributed by atoms with Gasteiger partial charge in [-0.15, -0.1) is 0 Å². The summed E-state index contributed by atoms with van der Waals surface area (Å²) in [7, 11) is 0. The molecule has 162 valence electrons. The maximum absolute atomic E-state index is 9.30. The first-order valence-corrected chi connectivity index (χ1v) is 10.5.